The Balaban J connectivity index is 2.00. The molecule has 0 atom stereocenters. The van der Waals surface area contributed by atoms with Gasteiger partial charge in [-0.25, -0.2) is 0 Å². The summed E-state index contributed by atoms with van der Waals surface area (Å²) in [7, 11) is 0. The van der Waals surface area contributed by atoms with E-state index in [0.29, 0.717) is 0 Å². The summed E-state index contributed by atoms with van der Waals surface area (Å²) in [6, 6.07) is 8.78. The predicted octanol–water partition coefficient (Wildman–Crippen LogP) is 4.30. The molecule has 0 saturated heterocycles. The van der Waals surface area contributed by atoms with Crippen LogP contribution in [0.5, 0.6) is 0 Å². The van der Waals surface area contributed by atoms with Crippen LogP contribution in [-0.4, -0.2) is 17.3 Å². The molecule has 1 aromatic carbocycles. The summed E-state index contributed by atoms with van der Waals surface area (Å²) < 4.78 is 0. The van der Waals surface area contributed by atoms with Crippen molar-refractivity contribution in [3.63, 3.8) is 0 Å². The van der Waals surface area contributed by atoms with Gasteiger partial charge in [0.05, 0.1) is 5.04 Å². The molecule has 0 N–H and O–H groups in total. The molecule has 1 aliphatic heterocycles. The zero-order valence-electron chi connectivity index (χ0n) is 10.6. The standard InChI is InChI=1S/C15H21NS/c1-2-3-4-5-8-13-9-6-7-10-14(13)15-16-11-12-17-15/h6-7,9-10H,2-5,8,11-12H2,1H3. The van der Waals surface area contributed by atoms with Crippen molar-refractivity contribution >= 4 is 16.8 Å². The molecule has 1 nitrogen and oxygen atoms in total. The minimum atomic E-state index is 0.990. The molecule has 0 amide bonds. The number of thioether (sulfide) groups is 1. The van der Waals surface area contributed by atoms with Crippen LogP contribution in [0.3, 0.4) is 0 Å². The topological polar surface area (TPSA) is 12.4 Å². The first-order valence-electron chi connectivity index (χ1n) is 6.67. The van der Waals surface area contributed by atoms with Crippen LogP contribution >= 0.6 is 11.8 Å². The first-order valence-corrected chi connectivity index (χ1v) is 7.66. The molecule has 1 aliphatic rings. The van der Waals surface area contributed by atoms with Crippen molar-refractivity contribution in [3.05, 3.63) is 35.4 Å². The summed E-state index contributed by atoms with van der Waals surface area (Å²) in [6.45, 7) is 3.25. The van der Waals surface area contributed by atoms with E-state index in [2.05, 4.69) is 36.2 Å². The van der Waals surface area contributed by atoms with Crippen LogP contribution in [0.1, 0.15) is 43.7 Å². The Kier molecular flexibility index (Phi) is 5.11. The molecule has 0 radical (unpaired) electrons. The van der Waals surface area contributed by atoms with Gasteiger partial charge in [0, 0.05) is 17.9 Å². The highest BCUT2D eigenvalue weighted by Gasteiger charge is 2.12. The third kappa shape index (κ3) is 3.60. The Bertz CT molecular complexity index is 384. The maximum atomic E-state index is 4.59. The minimum absolute atomic E-state index is 0.990. The van der Waals surface area contributed by atoms with Crippen molar-refractivity contribution < 1.29 is 0 Å². The lowest BCUT2D eigenvalue weighted by molar-refractivity contribution is 0.666. The third-order valence-corrected chi connectivity index (χ3v) is 4.14. The van der Waals surface area contributed by atoms with Crippen LogP contribution in [0.4, 0.5) is 0 Å². The van der Waals surface area contributed by atoms with E-state index in [1.807, 2.05) is 11.8 Å². The van der Waals surface area contributed by atoms with E-state index in [1.54, 1.807) is 0 Å². The van der Waals surface area contributed by atoms with Gasteiger partial charge in [0.15, 0.2) is 0 Å². The van der Waals surface area contributed by atoms with Gasteiger partial charge in [-0.05, 0) is 18.4 Å². The third-order valence-electron chi connectivity index (χ3n) is 3.13. The molecule has 0 spiro atoms. The normalized spacial score (nSPS) is 15.0. The Morgan fingerprint density at radius 1 is 1.18 bits per heavy atom. The summed E-state index contributed by atoms with van der Waals surface area (Å²) in [5, 5.41) is 1.26. The number of nitrogens with zero attached hydrogens (tertiary/aromatic N) is 1. The second-order valence-corrected chi connectivity index (χ2v) is 5.59. The Labute approximate surface area is 109 Å². The van der Waals surface area contributed by atoms with Crippen molar-refractivity contribution in [1.29, 1.82) is 0 Å². The van der Waals surface area contributed by atoms with Gasteiger partial charge in [-0.3, -0.25) is 4.99 Å². The van der Waals surface area contributed by atoms with Gasteiger partial charge in [-0.15, -0.1) is 11.8 Å². The van der Waals surface area contributed by atoms with Gasteiger partial charge < -0.3 is 0 Å². The summed E-state index contributed by atoms with van der Waals surface area (Å²) in [5.41, 5.74) is 2.86. The van der Waals surface area contributed by atoms with Crippen LogP contribution in [0.25, 0.3) is 0 Å². The molecule has 2 rings (SSSR count). The highest BCUT2D eigenvalue weighted by Crippen LogP contribution is 2.23. The Morgan fingerprint density at radius 2 is 2.06 bits per heavy atom. The van der Waals surface area contributed by atoms with Gasteiger partial charge in [0.1, 0.15) is 0 Å². The average molecular weight is 247 g/mol. The lowest BCUT2D eigenvalue weighted by Gasteiger charge is -2.08. The highest BCUT2D eigenvalue weighted by atomic mass is 32.2. The zero-order valence-corrected chi connectivity index (χ0v) is 11.4. The Hall–Kier alpha value is -0.760. The zero-order chi connectivity index (χ0) is 11.9. The Morgan fingerprint density at radius 3 is 2.82 bits per heavy atom. The van der Waals surface area contributed by atoms with Crippen LogP contribution in [0, 0.1) is 0 Å². The molecule has 92 valence electrons. The van der Waals surface area contributed by atoms with Crippen LogP contribution in [0.2, 0.25) is 0 Å². The van der Waals surface area contributed by atoms with Gasteiger partial charge in [-0.1, -0.05) is 50.5 Å². The first-order chi connectivity index (χ1) is 8.42. The largest absolute Gasteiger partial charge is 0.277 e. The quantitative estimate of drug-likeness (QED) is 0.683. The summed E-state index contributed by atoms with van der Waals surface area (Å²) in [4.78, 5) is 4.59. The van der Waals surface area contributed by atoms with Crippen molar-refractivity contribution in [1.82, 2.24) is 0 Å². The van der Waals surface area contributed by atoms with Gasteiger partial charge in [-0.2, -0.15) is 0 Å². The van der Waals surface area contributed by atoms with Crippen molar-refractivity contribution in [2.45, 2.75) is 39.0 Å². The maximum Gasteiger partial charge on any atom is 0.0980 e. The van der Waals surface area contributed by atoms with E-state index in [4.69, 9.17) is 0 Å². The molecule has 0 fully saturated rings. The first kappa shape index (κ1) is 12.7. The number of hydrogen-bond donors (Lipinski definition) is 0. The molecule has 0 saturated carbocycles. The smallest absolute Gasteiger partial charge is 0.0980 e. The monoisotopic (exact) mass is 247 g/mol. The number of benzene rings is 1. The van der Waals surface area contributed by atoms with Crippen LogP contribution < -0.4 is 0 Å². The summed E-state index contributed by atoms with van der Waals surface area (Å²) in [6.07, 6.45) is 6.53. The fourth-order valence-corrected chi connectivity index (χ4v) is 3.10. The van der Waals surface area contributed by atoms with E-state index in [0.717, 1.165) is 12.3 Å². The second kappa shape index (κ2) is 6.85. The highest BCUT2D eigenvalue weighted by molar-refractivity contribution is 8.14. The second-order valence-electron chi connectivity index (χ2n) is 4.50. The summed E-state index contributed by atoms with van der Waals surface area (Å²) >= 11 is 1.90. The average Bonchev–Trinajstić information content (AvgIpc) is 2.89. The molecule has 0 bridgehead atoms. The van der Waals surface area contributed by atoms with Gasteiger partial charge in [0.2, 0.25) is 0 Å². The number of aryl methyl sites for hydroxylation is 1. The van der Waals surface area contributed by atoms with Crippen LogP contribution in [-0.2, 0) is 6.42 Å². The fraction of sp³-hybridized carbons (Fsp3) is 0.533. The SMILES string of the molecule is CCCCCCc1ccccc1C1=NCCS1. The van der Waals surface area contributed by atoms with E-state index in [1.165, 1.54) is 48.3 Å². The lowest BCUT2D eigenvalue weighted by atomic mass is 10.0. The number of hydrogen-bond acceptors (Lipinski definition) is 2. The van der Waals surface area contributed by atoms with Crippen molar-refractivity contribution in [3.8, 4) is 0 Å². The lowest BCUT2D eigenvalue weighted by Crippen LogP contribution is -1.99. The van der Waals surface area contributed by atoms with E-state index >= 15 is 0 Å². The molecule has 0 aliphatic carbocycles. The number of unbranched alkanes of at least 4 members (excludes halogenated alkanes) is 3. The molecule has 1 aromatic rings. The van der Waals surface area contributed by atoms with E-state index in [9.17, 15) is 0 Å². The van der Waals surface area contributed by atoms with Crippen LogP contribution in [0.15, 0.2) is 29.3 Å². The molecule has 2 heteroatoms. The molecule has 0 unspecified atom stereocenters. The van der Waals surface area contributed by atoms with Crippen molar-refractivity contribution in [2.24, 2.45) is 4.99 Å². The maximum absolute atomic E-state index is 4.59. The number of aliphatic imine (C=N–C) groups is 1. The van der Waals surface area contributed by atoms with Crippen molar-refractivity contribution in [2.75, 3.05) is 12.3 Å². The molecular formula is C15H21NS. The molecule has 0 aromatic heterocycles. The van der Waals surface area contributed by atoms with E-state index in [-0.39, 0.29) is 0 Å². The fourth-order valence-electron chi connectivity index (χ4n) is 2.19. The minimum Gasteiger partial charge on any atom is -0.277 e. The molecule has 1 heterocycles. The van der Waals surface area contributed by atoms with Gasteiger partial charge >= 0.3 is 0 Å². The number of rotatable bonds is 6. The molecular weight excluding hydrogens is 226 g/mol. The van der Waals surface area contributed by atoms with E-state index < -0.39 is 0 Å². The summed E-state index contributed by atoms with van der Waals surface area (Å²) in [5.74, 6) is 1.15. The molecule has 17 heavy (non-hydrogen) atoms. The predicted molar refractivity (Wildman–Crippen MR) is 78.2 cm³/mol. The van der Waals surface area contributed by atoms with Gasteiger partial charge in [0.25, 0.3) is 0 Å².